The van der Waals surface area contributed by atoms with E-state index in [4.69, 9.17) is 20.9 Å². The van der Waals surface area contributed by atoms with Crippen LogP contribution in [-0.4, -0.2) is 39.5 Å². The van der Waals surface area contributed by atoms with Gasteiger partial charge < -0.3 is 14.2 Å². The van der Waals surface area contributed by atoms with Crippen LogP contribution in [0.3, 0.4) is 0 Å². The van der Waals surface area contributed by atoms with E-state index in [2.05, 4.69) is 10.1 Å². The van der Waals surface area contributed by atoms with Crippen molar-refractivity contribution in [1.82, 2.24) is 15.0 Å². The molecule has 7 nitrogen and oxygen atoms in total. The Morgan fingerprint density at radius 1 is 1.26 bits per heavy atom. The quantitative estimate of drug-likeness (QED) is 0.730. The van der Waals surface area contributed by atoms with Gasteiger partial charge in [0.25, 0.3) is 5.89 Å². The van der Waals surface area contributed by atoms with Gasteiger partial charge in [0.15, 0.2) is 6.61 Å². The molecule has 0 unspecified atom stereocenters. The molecule has 1 aliphatic heterocycles. The Bertz CT molecular complexity index is 830. The van der Waals surface area contributed by atoms with Gasteiger partial charge in [0.1, 0.15) is 0 Å². The van der Waals surface area contributed by atoms with E-state index >= 15 is 0 Å². The van der Waals surface area contributed by atoms with Crippen molar-refractivity contribution in [1.29, 1.82) is 0 Å². The van der Waals surface area contributed by atoms with Crippen molar-refractivity contribution in [3.63, 3.8) is 0 Å². The fourth-order valence-corrected chi connectivity index (χ4v) is 3.86. The van der Waals surface area contributed by atoms with Gasteiger partial charge in [-0.15, -0.1) is 0 Å². The first-order chi connectivity index (χ1) is 13.1. The fourth-order valence-electron chi connectivity index (χ4n) is 3.74. The Balaban J connectivity index is 1.32. The topological polar surface area (TPSA) is 85.5 Å². The zero-order chi connectivity index (χ0) is 18.8. The molecule has 27 heavy (non-hydrogen) atoms. The summed E-state index contributed by atoms with van der Waals surface area (Å²) in [5.74, 6) is -0.148. The summed E-state index contributed by atoms with van der Waals surface area (Å²) in [5, 5.41) is 4.50. The number of carbonyl (C=O) groups is 2. The first kappa shape index (κ1) is 18.0. The van der Waals surface area contributed by atoms with Crippen molar-refractivity contribution < 1.29 is 18.8 Å². The molecule has 1 aromatic heterocycles. The van der Waals surface area contributed by atoms with Crippen LogP contribution in [0, 0.1) is 5.92 Å². The molecule has 2 heterocycles. The minimum Gasteiger partial charge on any atom is -0.455 e. The maximum absolute atomic E-state index is 12.3. The lowest BCUT2D eigenvalue weighted by Crippen LogP contribution is -2.35. The minimum atomic E-state index is -0.420. The number of halogens is 1. The van der Waals surface area contributed by atoms with E-state index in [-0.39, 0.29) is 30.9 Å². The third-order valence-corrected chi connectivity index (χ3v) is 5.42. The van der Waals surface area contributed by atoms with Crippen LogP contribution in [0.5, 0.6) is 0 Å². The van der Waals surface area contributed by atoms with Crippen LogP contribution < -0.4 is 0 Å². The van der Waals surface area contributed by atoms with Crippen molar-refractivity contribution in [2.45, 2.75) is 44.8 Å². The maximum atomic E-state index is 12.3. The van der Waals surface area contributed by atoms with E-state index in [0.29, 0.717) is 17.4 Å². The highest BCUT2D eigenvalue weighted by Crippen LogP contribution is 2.30. The van der Waals surface area contributed by atoms with Gasteiger partial charge in [-0.3, -0.25) is 9.59 Å². The van der Waals surface area contributed by atoms with Gasteiger partial charge in [-0.25, -0.2) is 0 Å². The molecule has 1 aromatic carbocycles. The SMILES string of the molecule is O=C(OCc1nc(-c2ccc(Cl)cc2)no1)[C@@H]1CC(=O)N(C2CCCC2)C1. The fraction of sp³-hybridized carbons (Fsp3) is 0.474. The van der Waals surface area contributed by atoms with E-state index < -0.39 is 11.9 Å². The lowest BCUT2D eigenvalue weighted by Gasteiger charge is -2.23. The predicted molar refractivity (Wildman–Crippen MR) is 96.6 cm³/mol. The molecule has 1 saturated carbocycles. The summed E-state index contributed by atoms with van der Waals surface area (Å²) in [6.07, 6.45) is 4.58. The number of esters is 1. The van der Waals surface area contributed by atoms with Gasteiger partial charge in [0.05, 0.1) is 5.92 Å². The Hall–Kier alpha value is -2.41. The van der Waals surface area contributed by atoms with Gasteiger partial charge >= 0.3 is 5.97 Å². The van der Waals surface area contributed by atoms with Crippen LogP contribution in [-0.2, 0) is 20.9 Å². The number of benzene rings is 1. The highest BCUT2D eigenvalue weighted by atomic mass is 35.5. The Labute approximate surface area is 161 Å². The lowest BCUT2D eigenvalue weighted by atomic mass is 10.1. The number of rotatable bonds is 5. The molecule has 2 aliphatic rings. The zero-order valence-electron chi connectivity index (χ0n) is 14.8. The van der Waals surface area contributed by atoms with E-state index in [0.717, 1.165) is 31.2 Å². The zero-order valence-corrected chi connectivity index (χ0v) is 15.5. The summed E-state index contributed by atoms with van der Waals surface area (Å²) < 4.78 is 10.4. The largest absolute Gasteiger partial charge is 0.455 e. The molecule has 0 spiro atoms. The first-order valence-corrected chi connectivity index (χ1v) is 9.52. The average molecular weight is 390 g/mol. The molecular formula is C19H20ClN3O4. The normalized spacial score (nSPS) is 20.4. The summed E-state index contributed by atoms with van der Waals surface area (Å²) in [4.78, 5) is 30.6. The number of ether oxygens (including phenoxy) is 1. The molecule has 1 amide bonds. The summed E-state index contributed by atoms with van der Waals surface area (Å²) in [7, 11) is 0. The third kappa shape index (κ3) is 3.98. The summed E-state index contributed by atoms with van der Waals surface area (Å²) in [6, 6.07) is 7.32. The monoisotopic (exact) mass is 389 g/mol. The van der Waals surface area contributed by atoms with Crippen LogP contribution in [0.15, 0.2) is 28.8 Å². The average Bonchev–Trinajstić information content (AvgIpc) is 3.41. The van der Waals surface area contributed by atoms with Crippen molar-refractivity contribution >= 4 is 23.5 Å². The van der Waals surface area contributed by atoms with E-state index in [9.17, 15) is 9.59 Å². The van der Waals surface area contributed by atoms with Crippen molar-refractivity contribution in [3.8, 4) is 11.4 Å². The van der Waals surface area contributed by atoms with E-state index in [1.165, 1.54) is 0 Å². The molecule has 0 N–H and O–H groups in total. The molecule has 142 valence electrons. The number of carbonyl (C=O) groups excluding carboxylic acids is 2. The number of amides is 1. The van der Waals surface area contributed by atoms with Crippen molar-refractivity contribution in [2.75, 3.05) is 6.54 Å². The van der Waals surface area contributed by atoms with Gasteiger partial charge in [0, 0.05) is 29.6 Å². The molecular weight excluding hydrogens is 370 g/mol. The molecule has 8 heteroatoms. The van der Waals surface area contributed by atoms with Crippen LogP contribution in [0.4, 0.5) is 0 Å². The highest BCUT2D eigenvalue weighted by molar-refractivity contribution is 6.30. The Kier molecular flexibility index (Phi) is 5.11. The first-order valence-electron chi connectivity index (χ1n) is 9.15. The van der Waals surface area contributed by atoms with Gasteiger partial charge in [-0.2, -0.15) is 4.98 Å². The predicted octanol–water partition coefficient (Wildman–Crippen LogP) is 3.22. The van der Waals surface area contributed by atoms with Gasteiger partial charge in [-0.05, 0) is 37.1 Å². The van der Waals surface area contributed by atoms with Gasteiger partial charge in [-0.1, -0.05) is 29.6 Å². The Morgan fingerprint density at radius 3 is 2.74 bits per heavy atom. The standard InChI is InChI=1S/C19H20ClN3O4/c20-14-7-5-12(6-8-14)18-21-16(27-22-18)11-26-19(25)13-9-17(24)23(10-13)15-3-1-2-4-15/h5-8,13,15H,1-4,9-11H2/t13-/m1/s1. The highest BCUT2D eigenvalue weighted by Gasteiger charge is 2.39. The van der Waals surface area contributed by atoms with Crippen LogP contribution in [0.1, 0.15) is 38.0 Å². The molecule has 0 radical (unpaired) electrons. The molecule has 1 saturated heterocycles. The van der Waals surface area contributed by atoms with Crippen molar-refractivity contribution in [3.05, 3.63) is 35.2 Å². The van der Waals surface area contributed by atoms with Crippen LogP contribution in [0.25, 0.3) is 11.4 Å². The molecule has 2 fully saturated rings. The maximum Gasteiger partial charge on any atom is 0.311 e. The van der Waals surface area contributed by atoms with E-state index in [1.807, 2.05) is 4.90 Å². The Morgan fingerprint density at radius 2 is 2.00 bits per heavy atom. The third-order valence-electron chi connectivity index (χ3n) is 5.17. The number of nitrogens with zero attached hydrogens (tertiary/aromatic N) is 3. The van der Waals surface area contributed by atoms with Crippen LogP contribution in [0.2, 0.25) is 5.02 Å². The summed E-state index contributed by atoms with van der Waals surface area (Å²) in [5.41, 5.74) is 0.759. The second-order valence-electron chi connectivity index (χ2n) is 7.01. The molecule has 4 rings (SSSR count). The smallest absolute Gasteiger partial charge is 0.311 e. The summed E-state index contributed by atoms with van der Waals surface area (Å²) >= 11 is 5.86. The number of likely N-dealkylation sites (tertiary alicyclic amines) is 1. The second kappa shape index (κ2) is 7.68. The molecule has 1 aliphatic carbocycles. The number of aromatic nitrogens is 2. The second-order valence-corrected chi connectivity index (χ2v) is 7.45. The minimum absolute atomic E-state index is 0.0478. The number of hydrogen-bond acceptors (Lipinski definition) is 6. The molecule has 1 atom stereocenters. The van der Waals surface area contributed by atoms with E-state index in [1.54, 1.807) is 24.3 Å². The molecule has 2 aromatic rings. The lowest BCUT2D eigenvalue weighted by molar-refractivity contribution is -0.150. The molecule has 0 bridgehead atoms. The van der Waals surface area contributed by atoms with Gasteiger partial charge in [0.2, 0.25) is 11.7 Å². The number of hydrogen-bond donors (Lipinski definition) is 0. The van der Waals surface area contributed by atoms with Crippen LogP contribution >= 0.6 is 11.6 Å². The summed E-state index contributed by atoms with van der Waals surface area (Å²) in [6.45, 7) is 0.343. The van der Waals surface area contributed by atoms with Crippen molar-refractivity contribution in [2.24, 2.45) is 5.92 Å².